The van der Waals surface area contributed by atoms with Crippen LogP contribution in [-0.4, -0.2) is 48.9 Å². The van der Waals surface area contributed by atoms with Gasteiger partial charge in [-0.25, -0.2) is 9.67 Å². The van der Waals surface area contributed by atoms with Gasteiger partial charge in [-0.05, 0) is 67.1 Å². The fraction of sp³-hybridized carbons (Fsp3) is 0.318. The van der Waals surface area contributed by atoms with Gasteiger partial charge in [0.25, 0.3) is 0 Å². The van der Waals surface area contributed by atoms with Crippen molar-refractivity contribution in [3.8, 4) is 5.75 Å². The zero-order valence-electron chi connectivity index (χ0n) is 18.4. The summed E-state index contributed by atoms with van der Waals surface area (Å²) in [6.45, 7) is 5.35. The number of carbonyl (C=O) groups is 1. The van der Waals surface area contributed by atoms with Gasteiger partial charge in [0.2, 0.25) is 0 Å². The van der Waals surface area contributed by atoms with E-state index >= 15 is 0 Å². The Morgan fingerprint density at radius 3 is 2.69 bits per heavy atom. The molecule has 4 rings (SSSR count). The van der Waals surface area contributed by atoms with Crippen LogP contribution in [0.2, 0.25) is 0 Å². The van der Waals surface area contributed by atoms with Gasteiger partial charge in [0.05, 0.1) is 24.5 Å². The number of nitrogens with one attached hydrogen (secondary N) is 2. The summed E-state index contributed by atoms with van der Waals surface area (Å²) in [7, 11) is 1.62. The van der Waals surface area contributed by atoms with Gasteiger partial charge < -0.3 is 19.8 Å². The summed E-state index contributed by atoms with van der Waals surface area (Å²) in [6, 6.07) is 13.0. The molecule has 4 aromatic rings. The van der Waals surface area contributed by atoms with Gasteiger partial charge in [0.1, 0.15) is 23.9 Å². The number of ether oxygens (including phenoxy) is 2. The highest BCUT2D eigenvalue weighted by Crippen LogP contribution is 2.28. The Labute approximate surface area is 184 Å². The number of fused-ring (bicyclic) bond motifs is 1. The number of esters is 1. The number of imidazole rings is 1. The number of anilines is 1. The lowest BCUT2D eigenvalue weighted by molar-refractivity contribution is -0.155. The molecular formula is C22H25N7O3. The fourth-order valence-electron chi connectivity index (χ4n) is 3.31. The number of aromatic amines is 1. The molecule has 0 spiro atoms. The Balaban J connectivity index is 1.68. The van der Waals surface area contributed by atoms with Crippen LogP contribution in [-0.2, 0) is 16.1 Å². The van der Waals surface area contributed by atoms with Gasteiger partial charge in [-0.3, -0.25) is 4.79 Å². The first-order chi connectivity index (χ1) is 15.3. The highest BCUT2D eigenvalue weighted by atomic mass is 16.6. The number of rotatable bonds is 7. The monoisotopic (exact) mass is 435 g/mol. The zero-order chi connectivity index (χ0) is 22.7. The van der Waals surface area contributed by atoms with E-state index in [2.05, 4.69) is 30.8 Å². The number of nitrogens with zero attached hydrogens (tertiary/aromatic N) is 5. The first-order valence-corrected chi connectivity index (χ1v) is 10.1. The van der Waals surface area contributed by atoms with Crippen LogP contribution in [0.5, 0.6) is 5.75 Å². The second-order valence-corrected chi connectivity index (χ2v) is 8.27. The average molecular weight is 435 g/mol. The van der Waals surface area contributed by atoms with Gasteiger partial charge in [-0.15, -0.1) is 5.10 Å². The molecule has 0 aliphatic rings. The molecule has 10 heteroatoms. The van der Waals surface area contributed by atoms with E-state index in [0.29, 0.717) is 5.82 Å². The summed E-state index contributed by atoms with van der Waals surface area (Å²) in [4.78, 5) is 19.8. The van der Waals surface area contributed by atoms with Crippen molar-refractivity contribution in [3.05, 3.63) is 60.2 Å². The average Bonchev–Trinajstić information content (AvgIpc) is 3.39. The molecule has 1 unspecified atom stereocenters. The summed E-state index contributed by atoms with van der Waals surface area (Å²) >= 11 is 0. The Morgan fingerprint density at radius 1 is 1.19 bits per heavy atom. The summed E-state index contributed by atoms with van der Waals surface area (Å²) < 4.78 is 12.2. The Bertz CT molecular complexity index is 1210. The van der Waals surface area contributed by atoms with Crippen LogP contribution in [0, 0.1) is 0 Å². The number of methoxy groups -OCH3 is 1. The van der Waals surface area contributed by atoms with Crippen molar-refractivity contribution in [2.45, 2.75) is 39.0 Å². The first-order valence-electron chi connectivity index (χ1n) is 10.1. The zero-order valence-corrected chi connectivity index (χ0v) is 18.4. The molecule has 166 valence electrons. The number of aromatic nitrogens is 6. The van der Waals surface area contributed by atoms with Crippen LogP contribution in [0.1, 0.15) is 38.2 Å². The molecule has 2 aromatic heterocycles. The van der Waals surface area contributed by atoms with E-state index in [1.165, 1.54) is 4.68 Å². The number of carbonyl (C=O) groups excluding carboxylic acids is 1. The molecule has 0 bridgehead atoms. The highest BCUT2D eigenvalue weighted by Gasteiger charge is 2.25. The Morgan fingerprint density at radius 2 is 1.97 bits per heavy atom. The van der Waals surface area contributed by atoms with Crippen LogP contribution >= 0.6 is 0 Å². The van der Waals surface area contributed by atoms with E-state index in [-0.39, 0.29) is 6.54 Å². The molecule has 10 nitrogen and oxygen atoms in total. The second kappa shape index (κ2) is 8.66. The van der Waals surface area contributed by atoms with Gasteiger partial charge in [-0.2, -0.15) is 0 Å². The van der Waals surface area contributed by atoms with Crippen molar-refractivity contribution < 1.29 is 14.3 Å². The van der Waals surface area contributed by atoms with Crippen molar-refractivity contribution in [1.29, 1.82) is 0 Å². The third-order valence-electron chi connectivity index (χ3n) is 4.70. The van der Waals surface area contributed by atoms with Gasteiger partial charge >= 0.3 is 5.97 Å². The SMILES string of the molecule is COc1ccc(C(Nc2ccc3[nH]cnc3c2)c2nnnn2CC(=O)OC(C)(C)C)cc1. The maximum atomic E-state index is 12.4. The molecule has 32 heavy (non-hydrogen) atoms. The lowest BCUT2D eigenvalue weighted by atomic mass is 10.1. The molecule has 0 saturated carbocycles. The molecule has 2 aromatic carbocycles. The van der Waals surface area contributed by atoms with E-state index in [4.69, 9.17) is 9.47 Å². The van der Waals surface area contributed by atoms with Crippen LogP contribution in [0.3, 0.4) is 0 Å². The molecule has 0 aliphatic heterocycles. The van der Waals surface area contributed by atoms with Crippen LogP contribution in [0.4, 0.5) is 5.69 Å². The smallest absolute Gasteiger partial charge is 0.328 e. The van der Waals surface area contributed by atoms with E-state index in [0.717, 1.165) is 28.0 Å². The van der Waals surface area contributed by atoms with Gasteiger partial charge in [-0.1, -0.05) is 12.1 Å². The van der Waals surface area contributed by atoms with Crippen molar-refractivity contribution in [3.63, 3.8) is 0 Å². The quantitative estimate of drug-likeness (QED) is 0.425. The third kappa shape index (κ3) is 4.85. The summed E-state index contributed by atoms with van der Waals surface area (Å²) in [5, 5.41) is 15.5. The summed E-state index contributed by atoms with van der Waals surface area (Å²) in [5.41, 5.74) is 2.89. The van der Waals surface area contributed by atoms with Crippen molar-refractivity contribution in [1.82, 2.24) is 30.2 Å². The minimum absolute atomic E-state index is 0.105. The fourth-order valence-corrected chi connectivity index (χ4v) is 3.31. The van der Waals surface area contributed by atoms with E-state index in [1.54, 1.807) is 13.4 Å². The number of benzene rings is 2. The minimum atomic E-state index is -0.599. The normalized spacial score (nSPS) is 12.5. The van der Waals surface area contributed by atoms with E-state index < -0.39 is 17.6 Å². The molecule has 1 atom stereocenters. The maximum absolute atomic E-state index is 12.4. The van der Waals surface area contributed by atoms with Crippen molar-refractivity contribution >= 4 is 22.7 Å². The number of hydrogen-bond acceptors (Lipinski definition) is 8. The molecular weight excluding hydrogens is 410 g/mol. The first kappa shape index (κ1) is 21.3. The topological polar surface area (TPSA) is 120 Å². The van der Waals surface area contributed by atoms with Crippen LogP contribution in [0.15, 0.2) is 48.8 Å². The molecule has 0 radical (unpaired) electrons. The molecule has 2 heterocycles. The Kier molecular flexibility index (Phi) is 5.76. The standard InChI is InChI=1S/C22H25N7O3/c1-22(2,3)32-19(30)12-29-21(26-27-28-29)20(14-5-8-16(31-4)9-6-14)25-15-7-10-17-18(11-15)24-13-23-17/h5-11,13,20,25H,12H2,1-4H3,(H,23,24). The minimum Gasteiger partial charge on any atom is -0.497 e. The van der Waals surface area contributed by atoms with Crippen LogP contribution in [0.25, 0.3) is 11.0 Å². The maximum Gasteiger partial charge on any atom is 0.328 e. The Hall–Kier alpha value is -3.95. The van der Waals surface area contributed by atoms with Gasteiger partial charge in [0, 0.05) is 5.69 Å². The molecule has 0 amide bonds. The number of H-pyrrole nitrogens is 1. The third-order valence-corrected chi connectivity index (χ3v) is 4.70. The predicted molar refractivity (Wildman–Crippen MR) is 118 cm³/mol. The van der Waals surface area contributed by atoms with Crippen LogP contribution < -0.4 is 10.1 Å². The molecule has 0 aliphatic carbocycles. The van der Waals surface area contributed by atoms with E-state index in [1.807, 2.05) is 63.2 Å². The largest absolute Gasteiger partial charge is 0.497 e. The summed E-state index contributed by atoms with van der Waals surface area (Å²) in [5.74, 6) is 0.791. The highest BCUT2D eigenvalue weighted by molar-refractivity contribution is 5.79. The second-order valence-electron chi connectivity index (χ2n) is 8.27. The molecule has 2 N–H and O–H groups in total. The molecule has 0 fully saturated rings. The lowest BCUT2D eigenvalue weighted by Gasteiger charge is -2.22. The number of tetrazole rings is 1. The van der Waals surface area contributed by atoms with E-state index in [9.17, 15) is 4.79 Å². The molecule has 0 saturated heterocycles. The summed E-state index contributed by atoms with van der Waals surface area (Å²) in [6.07, 6.45) is 1.65. The van der Waals surface area contributed by atoms with Crippen molar-refractivity contribution in [2.24, 2.45) is 0 Å². The number of hydrogen-bond donors (Lipinski definition) is 2. The van der Waals surface area contributed by atoms with Gasteiger partial charge in [0.15, 0.2) is 5.82 Å². The lowest BCUT2D eigenvalue weighted by Crippen LogP contribution is -2.28. The van der Waals surface area contributed by atoms with Crippen molar-refractivity contribution in [2.75, 3.05) is 12.4 Å². The predicted octanol–water partition coefficient (Wildman–Crippen LogP) is 3.10.